The lowest BCUT2D eigenvalue weighted by atomic mass is 9.95. The molecule has 28 heteroatoms. The second-order valence-corrected chi connectivity index (χ2v) is 24.7. The van der Waals surface area contributed by atoms with Crippen molar-refractivity contribution < 1.29 is 95.7 Å². The van der Waals surface area contributed by atoms with Gasteiger partial charge in [-0.1, -0.05) is 141 Å². The molecule has 0 saturated heterocycles. The van der Waals surface area contributed by atoms with E-state index in [1.165, 1.54) is 77.0 Å². The lowest BCUT2D eigenvalue weighted by molar-refractivity contribution is -0.161. The Kier molecular flexibility index (Phi) is 54.8. The van der Waals surface area contributed by atoms with E-state index in [2.05, 4.69) is 70.1 Å². The van der Waals surface area contributed by atoms with Gasteiger partial charge >= 0.3 is 31.7 Å². The van der Waals surface area contributed by atoms with Crippen molar-refractivity contribution in [1.29, 1.82) is 0 Å². The minimum atomic E-state index is -4.74. The molecule has 0 radical (unpaired) electrons. The number of unbranched alkanes of at least 4 members (excludes halogenated alkanes) is 23. The van der Waals surface area contributed by atoms with Crippen LogP contribution in [0.4, 0.5) is 0 Å². The van der Waals surface area contributed by atoms with Gasteiger partial charge in [-0.3, -0.25) is 66.6 Å². The Labute approximate surface area is 556 Å². The number of amides is 7. The third kappa shape index (κ3) is 55.8. The van der Waals surface area contributed by atoms with E-state index >= 15 is 0 Å². The number of allylic oxidation sites excluding steroid dienone is 4. The van der Waals surface area contributed by atoms with Crippen LogP contribution in [0, 0.1) is 5.92 Å². The van der Waals surface area contributed by atoms with Gasteiger partial charge in [0, 0.05) is 51.1 Å². The Balaban J connectivity index is 4.76. The first-order chi connectivity index (χ1) is 45.1. The SMILES string of the molecule is CCCCCCCC/C=C/CCCCCCCC(=O)OCC(COP(=O)(O)OCCNC(=O)CCCCC(=O)NCC(=O)NCC(=O)NCC(=O)C(CC(=O)O)CC(=O)NCC(=O)NCC(=O)N(CC)CC(=O)O)OC(=O)CCCCCCC/C=C/CCCCCCCC. The maximum absolute atomic E-state index is 12.9. The predicted octanol–water partition coefficient (Wildman–Crippen LogP) is 7.89. The number of Topliss-reactive ketones (excluding diaryl/α,β-unsaturated/α-hetero) is 1. The molecule has 3 unspecified atom stereocenters. The first-order valence-electron chi connectivity index (χ1n) is 34.2. The average Bonchev–Trinajstić information content (AvgIpc) is 1.57. The summed E-state index contributed by atoms with van der Waals surface area (Å²) < 4.78 is 34.0. The van der Waals surface area contributed by atoms with E-state index in [0.717, 1.165) is 81.9 Å². The van der Waals surface area contributed by atoms with Crippen molar-refractivity contribution in [2.75, 3.05) is 72.2 Å². The number of rotatable bonds is 63. The molecule has 7 amide bonds. The van der Waals surface area contributed by atoms with Gasteiger partial charge in [-0.2, -0.15) is 0 Å². The van der Waals surface area contributed by atoms with Gasteiger partial charge in [-0.05, 0) is 84.0 Å². The lowest BCUT2D eigenvalue weighted by Crippen LogP contribution is -2.45. The highest BCUT2D eigenvalue weighted by molar-refractivity contribution is 7.47. The molecule has 0 aromatic heterocycles. The number of likely N-dealkylation sites (N-methyl/N-ethyl adjacent to an activating group) is 1. The summed E-state index contributed by atoms with van der Waals surface area (Å²) in [6.07, 6.45) is 35.9. The van der Waals surface area contributed by atoms with E-state index in [0.29, 0.717) is 12.8 Å². The molecule has 538 valence electrons. The summed E-state index contributed by atoms with van der Waals surface area (Å²) >= 11 is 0. The maximum atomic E-state index is 12.9. The molecule has 0 aliphatic heterocycles. The van der Waals surface area contributed by atoms with Gasteiger partial charge in [0.2, 0.25) is 41.4 Å². The molecule has 0 aliphatic rings. The molecule has 27 nitrogen and oxygen atoms in total. The lowest BCUT2D eigenvalue weighted by Gasteiger charge is -2.20. The fourth-order valence-corrected chi connectivity index (χ4v) is 10.1. The Morgan fingerprint density at radius 2 is 0.851 bits per heavy atom. The zero-order valence-corrected chi connectivity index (χ0v) is 57.4. The first-order valence-corrected chi connectivity index (χ1v) is 35.7. The maximum Gasteiger partial charge on any atom is 0.472 e. The van der Waals surface area contributed by atoms with Gasteiger partial charge in [-0.25, -0.2) is 4.57 Å². The molecule has 0 bridgehead atoms. The number of carboxylic acid groups (broad SMARTS) is 2. The second-order valence-electron chi connectivity index (χ2n) is 23.3. The summed E-state index contributed by atoms with van der Waals surface area (Å²) in [5, 5.41) is 31.9. The standard InChI is InChI=1S/C66H114N7O20P/c1-4-7-9-11-13-15-17-19-21-23-25-27-29-31-33-39-65(86)90-51-54(93-66(87)40-34-32-30-28-26-24-22-20-18-16-14-12-10-8-5-2)52-92-94(88,89)91-42-41-67-56(75)37-35-36-38-57(76)69-46-60(79)71-48-59(78)68-45-55(74)53(44-63(82)83)43-58(77)70-47-61(80)72-49-62(81)73(6-3)50-64(84)85/h19-22,53-54H,4-18,23-52H2,1-3H3,(H,67,75)(H,68,78)(H,69,76)(H,70,77)(H,71,79)(H,72,80)(H,82,83)(H,84,85)(H,88,89)/b21-19+,22-20+. The van der Waals surface area contributed by atoms with Gasteiger partial charge in [0.1, 0.15) is 13.2 Å². The number of ether oxygens (including phenoxy) is 2. The van der Waals surface area contributed by atoms with E-state index in [9.17, 15) is 72.1 Å². The fraction of sp³-hybridized carbons (Fsp3) is 0.758. The van der Waals surface area contributed by atoms with Crippen LogP contribution in [0.5, 0.6) is 0 Å². The van der Waals surface area contributed by atoms with Crippen LogP contribution in [0.25, 0.3) is 0 Å². The molecule has 0 fully saturated rings. The summed E-state index contributed by atoms with van der Waals surface area (Å²) in [4.78, 5) is 158. The topological polar surface area (TPSA) is 395 Å². The van der Waals surface area contributed by atoms with E-state index in [1.54, 1.807) is 6.92 Å². The van der Waals surface area contributed by atoms with Crippen LogP contribution in [-0.4, -0.2) is 169 Å². The average molecular weight is 1360 g/mol. The van der Waals surface area contributed by atoms with Crippen LogP contribution in [0.3, 0.4) is 0 Å². The highest BCUT2D eigenvalue weighted by atomic mass is 31.2. The largest absolute Gasteiger partial charge is 0.481 e. The van der Waals surface area contributed by atoms with Crippen molar-refractivity contribution in [3.8, 4) is 0 Å². The van der Waals surface area contributed by atoms with Crippen molar-refractivity contribution in [2.24, 2.45) is 5.92 Å². The molecule has 0 aromatic carbocycles. The molecule has 0 heterocycles. The van der Waals surface area contributed by atoms with Crippen molar-refractivity contribution >= 4 is 78.8 Å². The zero-order valence-electron chi connectivity index (χ0n) is 56.5. The quantitative estimate of drug-likeness (QED) is 0.0121. The van der Waals surface area contributed by atoms with E-state index in [-0.39, 0.29) is 58.2 Å². The Hall–Kier alpha value is -6.57. The Morgan fingerprint density at radius 1 is 0.436 bits per heavy atom. The van der Waals surface area contributed by atoms with E-state index in [1.807, 2.05) is 0 Å². The molecule has 3 atom stereocenters. The number of nitrogens with one attached hydrogen (secondary N) is 6. The minimum absolute atomic E-state index is 0.0238. The minimum Gasteiger partial charge on any atom is -0.481 e. The van der Waals surface area contributed by atoms with Gasteiger partial charge in [0.15, 0.2) is 11.9 Å². The Bertz CT molecular complexity index is 2320. The third-order valence-electron chi connectivity index (χ3n) is 14.8. The van der Waals surface area contributed by atoms with Gasteiger partial charge in [0.25, 0.3) is 0 Å². The summed E-state index contributed by atoms with van der Waals surface area (Å²) in [7, 11) is -4.74. The summed E-state index contributed by atoms with van der Waals surface area (Å²) in [5.41, 5.74) is 0. The van der Waals surface area contributed by atoms with Gasteiger partial charge in [0.05, 0.1) is 52.4 Å². The summed E-state index contributed by atoms with van der Waals surface area (Å²) in [6.45, 7) is 0.797. The molecule has 94 heavy (non-hydrogen) atoms. The number of hydrogen-bond acceptors (Lipinski definition) is 17. The Morgan fingerprint density at radius 3 is 1.33 bits per heavy atom. The summed E-state index contributed by atoms with van der Waals surface area (Å²) in [5.74, 6) is -11.0. The normalized spacial score (nSPS) is 12.5. The number of aliphatic carboxylic acids is 2. The number of hydrogen-bond donors (Lipinski definition) is 9. The number of carbonyl (C=O) groups excluding carboxylic acids is 10. The van der Waals surface area contributed by atoms with Gasteiger partial charge in [-0.15, -0.1) is 0 Å². The highest BCUT2D eigenvalue weighted by Crippen LogP contribution is 2.43. The van der Waals surface area contributed by atoms with Gasteiger partial charge < -0.3 is 61.4 Å². The molecule has 0 aliphatic carbocycles. The zero-order chi connectivity index (χ0) is 69.9. The van der Waals surface area contributed by atoms with Crippen LogP contribution < -0.4 is 31.9 Å². The third-order valence-corrected chi connectivity index (χ3v) is 15.8. The van der Waals surface area contributed by atoms with Crippen LogP contribution in [0.15, 0.2) is 24.3 Å². The molecular formula is C66H114N7O20P. The van der Waals surface area contributed by atoms with E-state index in [4.69, 9.17) is 23.6 Å². The number of nitrogens with zero attached hydrogens (tertiary/aromatic N) is 1. The molecular weight excluding hydrogens is 1240 g/mol. The van der Waals surface area contributed by atoms with Crippen molar-refractivity contribution in [1.82, 2.24) is 36.8 Å². The summed E-state index contributed by atoms with van der Waals surface area (Å²) in [6, 6.07) is 0. The number of ketones is 1. The van der Waals surface area contributed by atoms with Crippen LogP contribution in [-0.2, 0) is 80.6 Å². The van der Waals surface area contributed by atoms with Crippen molar-refractivity contribution in [3.63, 3.8) is 0 Å². The molecule has 0 aromatic rings. The van der Waals surface area contributed by atoms with Crippen LogP contribution >= 0.6 is 7.82 Å². The molecule has 0 saturated carbocycles. The number of carbonyl (C=O) groups is 12. The molecule has 9 N–H and O–H groups in total. The fourth-order valence-electron chi connectivity index (χ4n) is 9.30. The predicted molar refractivity (Wildman–Crippen MR) is 353 cm³/mol. The number of phosphoric acid groups is 1. The number of phosphoric ester groups is 1. The first kappa shape index (κ1) is 87.4. The van der Waals surface area contributed by atoms with Crippen LogP contribution in [0.1, 0.15) is 239 Å². The van der Waals surface area contributed by atoms with Crippen molar-refractivity contribution in [2.45, 2.75) is 245 Å². The number of esters is 2. The smallest absolute Gasteiger partial charge is 0.472 e. The van der Waals surface area contributed by atoms with Crippen molar-refractivity contribution in [3.05, 3.63) is 24.3 Å². The molecule has 0 rings (SSSR count). The van der Waals surface area contributed by atoms with Crippen LogP contribution in [0.2, 0.25) is 0 Å². The highest BCUT2D eigenvalue weighted by Gasteiger charge is 2.28. The molecule has 0 spiro atoms. The monoisotopic (exact) mass is 1360 g/mol. The van der Waals surface area contributed by atoms with E-state index < -0.39 is 156 Å². The second kappa shape index (κ2) is 59.0. The number of carboxylic acids is 2.